The van der Waals surface area contributed by atoms with Gasteiger partial charge in [0.25, 0.3) is 0 Å². The molecule has 0 saturated carbocycles. The number of carboxylic acid groups (broad SMARTS) is 1. The van der Waals surface area contributed by atoms with E-state index in [1.165, 1.54) is 0 Å². The monoisotopic (exact) mass is 180 g/mol. The number of fused-ring (bicyclic) bond motifs is 1. The molecule has 1 aliphatic rings. The van der Waals surface area contributed by atoms with Gasteiger partial charge in [-0.2, -0.15) is 5.10 Å². The number of rotatable bonds is 2. The van der Waals surface area contributed by atoms with Crippen LogP contribution >= 0.6 is 0 Å². The van der Waals surface area contributed by atoms with Gasteiger partial charge < -0.3 is 5.11 Å². The van der Waals surface area contributed by atoms with E-state index in [1.807, 2.05) is 0 Å². The Morgan fingerprint density at radius 2 is 2.62 bits per heavy atom. The summed E-state index contributed by atoms with van der Waals surface area (Å²) >= 11 is 0. The van der Waals surface area contributed by atoms with E-state index in [0.29, 0.717) is 0 Å². The van der Waals surface area contributed by atoms with E-state index in [2.05, 4.69) is 10.2 Å². The Balaban J connectivity index is 2.25. The molecule has 1 aromatic heterocycles. The molecule has 0 aromatic carbocycles. The van der Waals surface area contributed by atoms with E-state index >= 15 is 0 Å². The fraction of sp³-hybridized carbons (Fsp3) is 0.556. The van der Waals surface area contributed by atoms with Gasteiger partial charge in [0.2, 0.25) is 0 Å². The number of aromatic nitrogens is 2. The van der Waals surface area contributed by atoms with Gasteiger partial charge in [-0.3, -0.25) is 9.89 Å². The van der Waals surface area contributed by atoms with Crippen LogP contribution in [-0.4, -0.2) is 21.3 Å². The van der Waals surface area contributed by atoms with Crippen LogP contribution in [0, 0.1) is 5.92 Å². The van der Waals surface area contributed by atoms with Crippen molar-refractivity contribution in [3.05, 3.63) is 17.5 Å². The number of aromatic amines is 1. The van der Waals surface area contributed by atoms with E-state index in [9.17, 15) is 4.79 Å². The van der Waals surface area contributed by atoms with E-state index in [4.69, 9.17) is 5.11 Å². The maximum absolute atomic E-state index is 10.8. The van der Waals surface area contributed by atoms with Crippen LogP contribution in [0.4, 0.5) is 0 Å². The maximum atomic E-state index is 10.8. The second kappa shape index (κ2) is 2.87. The minimum absolute atomic E-state index is 0.145. The molecular weight excluding hydrogens is 168 g/mol. The first-order valence-electron chi connectivity index (χ1n) is 4.45. The lowest BCUT2D eigenvalue weighted by Gasteiger charge is -2.13. The predicted octanol–water partition coefficient (Wildman–Crippen LogP) is 1.16. The molecule has 4 heteroatoms. The minimum Gasteiger partial charge on any atom is -0.481 e. The number of hydrogen-bond donors (Lipinski definition) is 2. The summed E-state index contributed by atoms with van der Waals surface area (Å²) in [4.78, 5) is 10.8. The largest absolute Gasteiger partial charge is 0.481 e. The first-order chi connectivity index (χ1) is 6.20. The number of hydrogen-bond acceptors (Lipinski definition) is 2. The van der Waals surface area contributed by atoms with Crippen LogP contribution in [0.15, 0.2) is 6.20 Å². The van der Waals surface area contributed by atoms with Crippen molar-refractivity contribution in [2.24, 2.45) is 5.92 Å². The molecule has 0 spiro atoms. The van der Waals surface area contributed by atoms with Crippen molar-refractivity contribution in [3.8, 4) is 0 Å². The zero-order chi connectivity index (χ0) is 9.42. The number of aliphatic carboxylic acids is 1. The van der Waals surface area contributed by atoms with Gasteiger partial charge in [-0.15, -0.1) is 0 Å². The van der Waals surface area contributed by atoms with Crippen LogP contribution < -0.4 is 0 Å². The van der Waals surface area contributed by atoms with E-state index in [-0.39, 0.29) is 11.8 Å². The molecule has 2 rings (SSSR count). The molecule has 4 nitrogen and oxygen atoms in total. The quantitative estimate of drug-likeness (QED) is 0.717. The number of H-pyrrole nitrogens is 1. The summed E-state index contributed by atoms with van der Waals surface area (Å²) in [5.74, 6) is -0.885. The number of nitrogens with one attached hydrogen (secondary N) is 1. The zero-order valence-corrected chi connectivity index (χ0v) is 7.45. The van der Waals surface area contributed by atoms with Crippen LogP contribution in [0.25, 0.3) is 0 Å². The van der Waals surface area contributed by atoms with Gasteiger partial charge in [0.1, 0.15) is 0 Å². The third kappa shape index (κ3) is 1.22. The Hall–Kier alpha value is -1.32. The summed E-state index contributed by atoms with van der Waals surface area (Å²) in [5.41, 5.74) is 2.20. The SMILES string of the molecule is CC(C(=O)O)C1CCc2[nH]ncc21. The van der Waals surface area contributed by atoms with E-state index in [1.54, 1.807) is 13.1 Å². The standard InChI is InChI=1S/C9H12N2O2/c1-5(9(12)13)6-2-3-8-7(6)4-10-11-8/h4-6H,2-3H2,1H3,(H,10,11)(H,12,13). The summed E-state index contributed by atoms with van der Waals surface area (Å²) in [6.45, 7) is 1.76. The van der Waals surface area contributed by atoms with Crippen LogP contribution in [0.1, 0.15) is 30.5 Å². The molecule has 2 atom stereocenters. The molecule has 2 unspecified atom stereocenters. The molecule has 0 fully saturated rings. The molecule has 70 valence electrons. The second-order valence-corrected chi connectivity index (χ2v) is 3.58. The summed E-state index contributed by atoms with van der Waals surface area (Å²) < 4.78 is 0. The van der Waals surface area contributed by atoms with Crippen molar-refractivity contribution in [1.82, 2.24) is 10.2 Å². The number of nitrogens with zero attached hydrogens (tertiary/aromatic N) is 1. The zero-order valence-electron chi connectivity index (χ0n) is 7.45. The molecule has 1 aromatic rings. The molecule has 0 radical (unpaired) electrons. The lowest BCUT2D eigenvalue weighted by molar-refractivity contribution is -0.141. The highest BCUT2D eigenvalue weighted by Gasteiger charge is 2.32. The first kappa shape index (κ1) is 8.29. The van der Waals surface area contributed by atoms with Crippen LogP contribution in [0.5, 0.6) is 0 Å². The van der Waals surface area contributed by atoms with Crippen LogP contribution in [-0.2, 0) is 11.2 Å². The number of carbonyl (C=O) groups is 1. The van der Waals surface area contributed by atoms with Gasteiger partial charge >= 0.3 is 5.97 Å². The van der Waals surface area contributed by atoms with Crippen LogP contribution in [0.2, 0.25) is 0 Å². The molecule has 2 N–H and O–H groups in total. The second-order valence-electron chi connectivity index (χ2n) is 3.58. The van der Waals surface area contributed by atoms with Crippen molar-refractivity contribution < 1.29 is 9.90 Å². The number of aryl methyl sites for hydroxylation is 1. The molecule has 0 aliphatic heterocycles. The van der Waals surface area contributed by atoms with Gasteiger partial charge in [0.15, 0.2) is 0 Å². The van der Waals surface area contributed by atoms with Crippen molar-refractivity contribution in [3.63, 3.8) is 0 Å². The lowest BCUT2D eigenvalue weighted by atomic mass is 9.90. The summed E-state index contributed by atoms with van der Waals surface area (Å²) in [5, 5.41) is 15.7. The summed E-state index contributed by atoms with van der Waals surface area (Å²) in [6, 6.07) is 0. The molecular formula is C9H12N2O2. The fourth-order valence-electron chi connectivity index (χ4n) is 1.99. The average molecular weight is 180 g/mol. The average Bonchev–Trinajstić information content (AvgIpc) is 2.61. The van der Waals surface area contributed by atoms with Crippen molar-refractivity contribution in [1.29, 1.82) is 0 Å². The highest BCUT2D eigenvalue weighted by Crippen LogP contribution is 2.36. The molecule has 13 heavy (non-hydrogen) atoms. The molecule has 1 heterocycles. The van der Waals surface area contributed by atoms with Crippen LogP contribution in [0.3, 0.4) is 0 Å². The molecule has 0 saturated heterocycles. The Kier molecular flexibility index (Phi) is 1.83. The van der Waals surface area contributed by atoms with E-state index in [0.717, 1.165) is 24.1 Å². The van der Waals surface area contributed by atoms with Crippen molar-refractivity contribution >= 4 is 5.97 Å². The normalized spacial score (nSPS) is 22.7. The van der Waals surface area contributed by atoms with Crippen molar-refractivity contribution in [2.45, 2.75) is 25.7 Å². The Bertz CT molecular complexity index is 332. The van der Waals surface area contributed by atoms with Gasteiger partial charge in [-0.1, -0.05) is 6.92 Å². The van der Waals surface area contributed by atoms with Gasteiger partial charge in [-0.25, -0.2) is 0 Å². The summed E-state index contributed by atoms with van der Waals surface area (Å²) in [7, 11) is 0. The Labute approximate surface area is 76.0 Å². The van der Waals surface area contributed by atoms with Gasteiger partial charge in [-0.05, 0) is 18.4 Å². The molecule has 1 aliphatic carbocycles. The van der Waals surface area contributed by atoms with Gasteiger partial charge in [0, 0.05) is 11.6 Å². The first-order valence-corrected chi connectivity index (χ1v) is 4.45. The third-order valence-corrected chi connectivity index (χ3v) is 2.85. The number of carboxylic acids is 1. The Morgan fingerprint density at radius 3 is 3.31 bits per heavy atom. The smallest absolute Gasteiger partial charge is 0.306 e. The summed E-state index contributed by atoms with van der Waals surface area (Å²) in [6.07, 6.45) is 3.61. The third-order valence-electron chi connectivity index (χ3n) is 2.85. The fourth-order valence-corrected chi connectivity index (χ4v) is 1.99. The molecule has 0 bridgehead atoms. The van der Waals surface area contributed by atoms with Crippen molar-refractivity contribution in [2.75, 3.05) is 0 Å². The highest BCUT2D eigenvalue weighted by molar-refractivity contribution is 5.71. The van der Waals surface area contributed by atoms with Gasteiger partial charge in [0.05, 0.1) is 12.1 Å². The van der Waals surface area contributed by atoms with E-state index < -0.39 is 5.97 Å². The lowest BCUT2D eigenvalue weighted by Crippen LogP contribution is -2.16. The Morgan fingerprint density at radius 1 is 1.85 bits per heavy atom. The molecule has 0 amide bonds. The predicted molar refractivity (Wildman–Crippen MR) is 46.4 cm³/mol. The minimum atomic E-state index is -0.723. The maximum Gasteiger partial charge on any atom is 0.306 e. The highest BCUT2D eigenvalue weighted by atomic mass is 16.4. The topological polar surface area (TPSA) is 66.0 Å².